The van der Waals surface area contributed by atoms with Crippen LogP contribution < -0.4 is 16.4 Å². The first kappa shape index (κ1) is 11.7. The summed E-state index contributed by atoms with van der Waals surface area (Å²) in [7, 11) is 1.57. The summed E-state index contributed by atoms with van der Waals surface area (Å²) in [5.41, 5.74) is 5.48. The molecule has 0 fully saturated rings. The van der Waals surface area contributed by atoms with Crippen LogP contribution in [-0.4, -0.2) is 32.0 Å². The number of rotatable bonds is 4. The molecule has 0 saturated carbocycles. The van der Waals surface area contributed by atoms with Crippen molar-refractivity contribution < 1.29 is 4.79 Å². The third kappa shape index (κ3) is 7.11. The van der Waals surface area contributed by atoms with E-state index in [0.717, 1.165) is 6.54 Å². The molecule has 5 nitrogen and oxygen atoms in total. The topological polar surface area (TPSA) is 79.5 Å². The summed E-state index contributed by atoms with van der Waals surface area (Å²) in [4.78, 5) is 14.6. The highest BCUT2D eigenvalue weighted by Crippen LogP contribution is 1.85. The van der Waals surface area contributed by atoms with Crippen LogP contribution in [0.5, 0.6) is 0 Å². The van der Waals surface area contributed by atoms with Crippen molar-refractivity contribution in [2.24, 2.45) is 16.6 Å². The molecule has 0 heterocycles. The van der Waals surface area contributed by atoms with Crippen LogP contribution in [-0.2, 0) is 4.79 Å². The van der Waals surface area contributed by atoms with Gasteiger partial charge in [0, 0.05) is 13.6 Å². The van der Waals surface area contributed by atoms with Crippen molar-refractivity contribution >= 4 is 11.9 Å². The highest BCUT2D eigenvalue weighted by molar-refractivity contribution is 5.83. The Kier molecular flexibility index (Phi) is 5.67. The van der Waals surface area contributed by atoms with Crippen molar-refractivity contribution in [2.75, 3.05) is 20.1 Å². The third-order valence-corrected chi connectivity index (χ3v) is 1.36. The first-order valence-corrected chi connectivity index (χ1v) is 4.30. The number of nitrogens with zero attached hydrogens (tertiary/aromatic N) is 1. The molecule has 0 aromatic carbocycles. The standard InChI is InChI=1S/C8H18N4O/c1-6(2)4-11-8(9)12-5-7(13)10-3/h6H,4-5H2,1-3H3,(H,10,13)(H3,9,11,12). The van der Waals surface area contributed by atoms with Crippen LogP contribution in [0, 0.1) is 5.92 Å². The molecule has 0 aliphatic heterocycles. The molecule has 0 aromatic rings. The van der Waals surface area contributed by atoms with E-state index in [2.05, 4.69) is 29.5 Å². The Balaban J connectivity index is 3.69. The molecule has 0 radical (unpaired) electrons. The van der Waals surface area contributed by atoms with Gasteiger partial charge < -0.3 is 16.4 Å². The van der Waals surface area contributed by atoms with Gasteiger partial charge >= 0.3 is 0 Å². The van der Waals surface area contributed by atoms with Crippen LogP contribution in [0.15, 0.2) is 4.99 Å². The SMILES string of the molecule is CNC(=O)CN=C(N)NCC(C)C. The third-order valence-electron chi connectivity index (χ3n) is 1.36. The van der Waals surface area contributed by atoms with E-state index in [1.807, 2.05) is 0 Å². The number of amides is 1. The maximum Gasteiger partial charge on any atom is 0.241 e. The fourth-order valence-corrected chi connectivity index (χ4v) is 0.601. The van der Waals surface area contributed by atoms with Gasteiger partial charge in [-0.2, -0.15) is 0 Å². The van der Waals surface area contributed by atoms with Crippen LogP contribution in [0.4, 0.5) is 0 Å². The Morgan fingerprint density at radius 1 is 1.54 bits per heavy atom. The van der Waals surface area contributed by atoms with E-state index in [1.54, 1.807) is 7.05 Å². The molecular formula is C8H18N4O. The minimum atomic E-state index is -0.144. The number of guanidine groups is 1. The highest BCUT2D eigenvalue weighted by Gasteiger charge is 1.97. The van der Waals surface area contributed by atoms with Crippen molar-refractivity contribution in [2.45, 2.75) is 13.8 Å². The van der Waals surface area contributed by atoms with Crippen molar-refractivity contribution in [3.63, 3.8) is 0 Å². The lowest BCUT2D eigenvalue weighted by molar-refractivity contribution is -0.119. The van der Waals surface area contributed by atoms with Gasteiger partial charge in [-0.3, -0.25) is 4.79 Å². The van der Waals surface area contributed by atoms with Crippen LogP contribution in [0.1, 0.15) is 13.8 Å². The van der Waals surface area contributed by atoms with E-state index in [1.165, 1.54) is 0 Å². The lowest BCUT2D eigenvalue weighted by Gasteiger charge is -2.07. The van der Waals surface area contributed by atoms with Crippen LogP contribution in [0.2, 0.25) is 0 Å². The van der Waals surface area contributed by atoms with Gasteiger partial charge in [0.15, 0.2) is 5.96 Å². The average molecular weight is 186 g/mol. The summed E-state index contributed by atoms with van der Waals surface area (Å²) in [6, 6.07) is 0. The molecule has 13 heavy (non-hydrogen) atoms. The van der Waals surface area contributed by atoms with Crippen molar-refractivity contribution in [1.82, 2.24) is 10.6 Å². The molecule has 0 rings (SSSR count). The number of likely N-dealkylation sites (N-methyl/N-ethyl adjacent to an activating group) is 1. The molecule has 0 spiro atoms. The monoisotopic (exact) mass is 186 g/mol. The Labute approximate surface area is 78.8 Å². The lowest BCUT2D eigenvalue weighted by atomic mass is 10.2. The molecule has 1 amide bonds. The van der Waals surface area contributed by atoms with Gasteiger partial charge in [0.2, 0.25) is 5.91 Å². The van der Waals surface area contributed by atoms with Crippen molar-refractivity contribution in [1.29, 1.82) is 0 Å². The zero-order valence-electron chi connectivity index (χ0n) is 8.42. The number of carbonyl (C=O) groups excluding carboxylic acids is 1. The van der Waals surface area contributed by atoms with Gasteiger partial charge in [0.25, 0.3) is 0 Å². The fraction of sp³-hybridized carbons (Fsp3) is 0.750. The molecule has 0 saturated heterocycles. The largest absolute Gasteiger partial charge is 0.370 e. The number of nitrogens with two attached hydrogens (primary N) is 1. The van der Waals surface area contributed by atoms with Gasteiger partial charge in [-0.05, 0) is 5.92 Å². The minimum Gasteiger partial charge on any atom is -0.370 e. The Bertz CT molecular complexity index is 189. The summed E-state index contributed by atoms with van der Waals surface area (Å²) in [5.74, 6) is 0.681. The number of carbonyl (C=O) groups is 1. The molecular weight excluding hydrogens is 168 g/mol. The van der Waals surface area contributed by atoms with E-state index in [9.17, 15) is 4.79 Å². The quantitative estimate of drug-likeness (QED) is 0.401. The van der Waals surface area contributed by atoms with Crippen LogP contribution in [0.3, 0.4) is 0 Å². The van der Waals surface area contributed by atoms with Crippen molar-refractivity contribution in [3.8, 4) is 0 Å². The number of hydrogen-bond acceptors (Lipinski definition) is 2. The molecule has 0 unspecified atom stereocenters. The van der Waals surface area contributed by atoms with E-state index in [4.69, 9.17) is 5.73 Å². The van der Waals surface area contributed by atoms with E-state index >= 15 is 0 Å². The maximum absolute atomic E-state index is 10.8. The summed E-state index contributed by atoms with van der Waals surface area (Å²) in [6.45, 7) is 4.98. The zero-order valence-corrected chi connectivity index (χ0v) is 8.42. The molecule has 5 heteroatoms. The second kappa shape index (κ2) is 6.28. The van der Waals surface area contributed by atoms with Gasteiger partial charge in [0.05, 0.1) is 0 Å². The van der Waals surface area contributed by atoms with E-state index in [-0.39, 0.29) is 12.5 Å². The second-order valence-corrected chi connectivity index (χ2v) is 3.15. The summed E-state index contributed by atoms with van der Waals surface area (Å²) in [6.07, 6.45) is 0. The van der Waals surface area contributed by atoms with Crippen LogP contribution >= 0.6 is 0 Å². The molecule has 0 aromatic heterocycles. The number of hydrogen-bond donors (Lipinski definition) is 3. The zero-order chi connectivity index (χ0) is 10.3. The molecule has 4 N–H and O–H groups in total. The van der Waals surface area contributed by atoms with Crippen LogP contribution in [0.25, 0.3) is 0 Å². The number of nitrogens with one attached hydrogen (secondary N) is 2. The Hall–Kier alpha value is -1.26. The van der Waals surface area contributed by atoms with Gasteiger partial charge in [-0.25, -0.2) is 4.99 Å². The predicted octanol–water partition coefficient (Wildman–Crippen LogP) is -0.707. The maximum atomic E-state index is 10.8. The summed E-state index contributed by atoms with van der Waals surface area (Å²) < 4.78 is 0. The van der Waals surface area contributed by atoms with Crippen molar-refractivity contribution in [3.05, 3.63) is 0 Å². The van der Waals surface area contributed by atoms with Gasteiger partial charge in [-0.15, -0.1) is 0 Å². The molecule has 0 aliphatic rings. The summed E-state index contributed by atoms with van der Waals surface area (Å²) >= 11 is 0. The van der Waals surface area contributed by atoms with Gasteiger partial charge in [-0.1, -0.05) is 13.8 Å². The Morgan fingerprint density at radius 3 is 2.62 bits per heavy atom. The lowest BCUT2D eigenvalue weighted by Crippen LogP contribution is -2.35. The molecule has 0 bridgehead atoms. The molecule has 0 aliphatic carbocycles. The molecule has 76 valence electrons. The minimum absolute atomic E-state index is 0.0768. The fourth-order valence-electron chi connectivity index (χ4n) is 0.601. The highest BCUT2D eigenvalue weighted by atomic mass is 16.1. The van der Waals surface area contributed by atoms with E-state index < -0.39 is 0 Å². The molecule has 0 atom stereocenters. The second-order valence-electron chi connectivity index (χ2n) is 3.15. The van der Waals surface area contributed by atoms with E-state index in [0.29, 0.717) is 11.9 Å². The van der Waals surface area contributed by atoms with Gasteiger partial charge in [0.1, 0.15) is 6.54 Å². The first-order valence-electron chi connectivity index (χ1n) is 4.30. The number of aliphatic imine (C=N–C) groups is 1. The normalized spacial score (nSPS) is 11.5. The predicted molar refractivity (Wildman–Crippen MR) is 53.4 cm³/mol. The summed E-state index contributed by atoms with van der Waals surface area (Å²) in [5, 5.41) is 5.37. The first-order chi connectivity index (χ1) is 6.06. The smallest absolute Gasteiger partial charge is 0.241 e. The Morgan fingerprint density at radius 2 is 2.15 bits per heavy atom. The average Bonchev–Trinajstić information content (AvgIpc) is 2.10.